The number of pyridine rings is 1. The van der Waals surface area contributed by atoms with E-state index in [1.165, 1.54) is 6.07 Å². The number of piperidine rings is 1. The SMILES string of the molecule is Cc1nc(COc2ccc(C(=O)NC3CCN(c4ccc(C(F)(F)F)cn4)CC3)cc2)no1. The van der Waals surface area contributed by atoms with Crippen LogP contribution in [0.4, 0.5) is 19.0 Å². The number of aryl methyl sites for hydroxylation is 1. The van der Waals surface area contributed by atoms with Crippen molar-refractivity contribution in [3.05, 3.63) is 65.4 Å². The Morgan fingerprint density at radius 2 is 1.91 bits per heavy atom. The molecule has 1 amide bonds. The Balaban J connectivity index is 1.25. The zero-order valence-electron chi connectivity index (χ0n) is 17.8. The summed E-state index contributed by atoms with van der Waals surface area (Å²) in [6.07, 6.45) is -2.22. The second-order valence-electron chi connectivity index (χ2n) is 7.68. The van der Waals surface area contributed by atoms with Crippen LogP contribution in [0.2, 0.25) is 0 Å². The van der Waals surface area contributed by atoms with E-state index in [9.17, 15) is 18.0 Å². The first-order valence-electron chi connectivity index (χ1n) is 10.4. The molecular formula is C22H22F3N5O3. The molecule has 1 fully saturated rings. The third-order valence-corrected chi connectivity index (χ3v) is 5.28. The molecule has 1 saturated heterocycles. The van der Waals surface area contributed by atoms with Gasteiger partial charge in [0.15, 0.2) is 6.61 Å². The van der Waals surface area contributed by atoms with Gasteiger partial charge >= 0.3 is 6.18 Å². The highest BCUT2D eigenvalue weighted by atomic mass is 19.4. The number of halogens is 3. The highest BCUT2D eigenvalue weighted by molar-refractivity contribution is 5.94. The standard InChI is InChI=1S/C22H22F3N5O3/c1-14-27-19(29-33-14)13-32-18-5-2-15(3-6-18)21(31)28-17-8-10-30(11-9-17)20-7-4-16(12-26-20)22(23,24)25/h2-7,12,17H,8-11,13H2,1H3,(H,28,31). The van der Waals surface area contributed by atoms with Gasteiger partial charge < -0.3 is 19.5 Å². The lowest BCUT2D eigenvalue weighted by molar-refractivity contribution is -0.137. The molecule has 0 spiro atoms. The minimum Gasteiger partial charge on any atom is -0.485 e. The second-order valence-corrected chi connectivity index (χ2v) is 7.68. The number of amides is 1. The first-order chi connectivity index (χ1) is 15.8. The summed E-state index contributed by atoms with van der Waals surface area (Å²) >= 11 is 0. The molecule has 1 aliphatic heterocycles. The summed E-state index contributed by atoms with van der Waals surface area (Å²) in [6.45, 7) is 3.03. The Hall–Kier alpha value is -3.63. The van der Waals surface area contributed by atoms with Gasteiger partial charge in [0.25, 0.3) is 5.91 Å². The van der Waals surface area contributed by atoms with Crippen LogP contribution in [0, 0.1) is 6.92 Å². The molecule has 0 radical (unpaired) electrons. The summed E-state index contributed by atoms with van der Waals surface area (Å²) in [4.78, 5) is 22.5. The average Bonchev–Trinajstić information content (AvgIpc) is 3.23. The number of hydrogen-bond acceptors (Lipinski definition) is 7. The van der Waals surface area contributed by atoms with E-state index >= 15 is 0 Å². The predicted molar refractivity (Wildman–Crippen MR) is 112 cm³/mol. The Kier molecular flexibility index (Phi) is 6.47. The van der Waals surface area contributed by atoms with Crippen LogP contribution in [0.3, 0.4) is 0 Å². The topological polar surface area (TPSA) is 93.4 Å². The number of hydrogen-bond donors (Lipinski definition) is 1. The van der Waals surface area contributed by atoms with Crippen molar-refractivity contribution in [3.8, 4) is 5.75 Å². The largest absolute Gasteiger partial charge is 0.485 e. The van der Waals surface area contributed by atoms with Crippen molar-refractivity contribution >= 4 is 11.7 Å². The van der Waals surface area contributed by atoms with Crippen LogP contribution in [0.25, 0.3) is 0 Å². The van der Waals surface area contributed by atoms with E-state index in [4.69, 9.17) is 9.26 Å². The van der Waals surface area contributed by atoms with Crippen LogP contribution in [0.1, 0.15) is 40.5 Å². The normalized spacial score (nSPS) is 14.8. The fraction of sp³-hybridized carbons (Fsp3) is 0.364. The van der Waals surface area contributed by atoms with Crippen LogP contribution in [-0.2, 0) is 12.8 Å². The number of nitrogens with one attached hydrogen (secondary N) is 1. The fourth-order valence-electron chi connectivity index (χ4n) is 3.51. The Morgan fingerprint density at radius 1 is 1.18 bits per heavy atom. The average molecular weight is 461 g/mol. The lowest BCUT2D eigenvalue weighted by atomic mass is 10.0. The monoisotopic (exact) mass is 461 g/mol. The highest BCUT2D eigenvalue weighted by Crippen LogP contribution is 2.29. The predicted octanol–water partition coefficient (Wildman–Crippen LogP) is 3.77. The van der Waals surface area contributed by atoms with E-state index in [1.807, 2.05) is 4.90 Å². The molecule has 1 aromatic carbocycles. The molecule has 11 heteroatoms. The van der Waals surface area contributed by atoms with Gasteiger partial charge in [0.05, 0.1) is 5.56 Å². The molecule has 3 heterocycles. The van der Waals surface area contributed by atoms with Crippen LogP contribution in [-0.4, -0.2) is 40.2 Å². The summed E-state index contributed by atoms with van der Waals surface area (Å²) in [7, 11) is 0. The van der Waals surface area contributed by atoms with Gasteiger partial charge in [-0.25, -0.2) is 4.98 Å². The Bertz CT molecular complexity index is 1080. The molecule has 3 aromatic rings. The number of carbonyl (C=O) groups excluding carboxylic acids is 1. The Morgan fingerprint density at radius 3 is 2.48 bits per heavy atom. The molecule has 0 aliphatic carbocycles. The molecule has 8 nitrogen and oxygen atoms in total. The molecule has 1 aliphatic rings. The molecule has 0 unspecified atom stereocenters. The van der Waals surface area contributed by atoms with Crippen molar-refractivity contribution in [2.45, 2.75) is 38.6 Å². The zero-order valence-corrected chi connectivity index (χ0v) is 17.8. The first-order valence-corrected chi connectivity index (χ1v) is 10.4. The van der Waals surface area contributed by atoms with Gasteiger partial charge in [-0.15, -0.1) is 0 Å². The first kappa shape index (κ1) is 22.6. The van der Waals surface area contributed by atoms with E-state index < -0.39 is 11.7 Å². The maximum atomic E-state index is 12.7. The molecule has 4 rings (SSSR count). The lowest BCUT2D eigenvalue weighted by Gasteiger charge is -2.33. The van der Waals surface area contributed by atoms with Gasteiger partial charge in [0.1, 0.15) is 11.6 Å². The molecule has 2 aromatic heterocycles. The molecule has 0 atom stereocenters. The molecular weight excluding hydrogens is 439 g/mol. The molecule has 1 N–H and O–H groups in total. The van der Waals surface area contributed by atoms with Crippen LogP contribution < -0.4 is 15.0 Å². The van der Waals surface area contributed by atoms with Crippen molar-refractivity contribution < 1.29 is 27.2 Å². The summed E-state index contributed by atoms with van der Waals surface area (Å²) in [5.41, 5.74) is -0.265. The summed E-state index contributed by atoms with van der Waals surface area (Å²) in [5.74, 6) is 1.78. The van der Waals surface area contributed by atoms with Crippen molar-refractivity contribution in [2.24, 2.45) is 0 Å². The van der Waals surface area contributed by atoms with E-state index in [-0.39, 0.29) is 18.6 Å². The second kappa shape index (κ2) is 9.47. The number of ether oxygens (including phenoxy) is 1. The molecule has 0 bridgehead atoms. The molecule has 33 heavy (non-hydrogen) atoms. The van der Waals surface area contributed by atoms with Gasteiger partial charge in [-0.1, -0.05) is 5.16 Å². The number of alkyl halides is 3. The fourth-order valence-corrected chi connectivity index (χ4v) is 3.51. The molecule has 174 valence electrons. The molecule has 0 saturated carbocycles. The van der Waals surface area contributed by atoms with E-state index in [2.05, 4.69) is 20.4 Å². The van der Waals surface area contributed by atoms with Gasteiger partial charge in [0.2, 0.25) is 11.7 Å². The minimum absolute atomic E-state index is 0.0272. The number of benzene rings is 1. The number of rotatable bonds is 6. The minimum atomic E-state index is -4.40. The highest BCUT2D eigenvalue weighted by Gasteiger charge is 2.31. The quantitative estimate of drug-likeness (QED) is 0.597. The third-order valence-electron chi connectivity index (χ3n) is 5.28. The van der Waals surface area contributed by atoms with Gasteiger partial charge in [-0.2, -0.15) is 18.2 Å². The zero-order chi connectivity index (χ0) is 23.4. The van der Waals surface area contributed by atoms with Gasteiger partial charge in [-0.3, -0.25) is 4.79 Å². The Labute approximate surface area is 187 Å². The summed E-state index contributed by atoms with van der Waals surface area (Å²) in [6, 6.07) is 9.13. The van der Waals surface area contributed by atoms with E-state index in [0.717, 1.165) is 12.3 Å². The van der Waals surface area contributed by atoms with Crippen LogP contribution >= 0.6 is 0 Å². The van der Waals surface area contributed by atoms with Crippen LogP contribution in [0.15, 0.2) is 47.1 Å². The summed E-state index contributed by atoms with van der Waals surface area (Å²) in [5, 5.41) is 6.76. The van der Waals surface area contributed by atoms with Crippen molar-refractivity contribution in [2.75, 3.05) is 18.0 Å². The van der Waals surface area contributed by atoms with Crippen LogP contribution in [0.5, 0.6) is 5.75 Å². The van der Waals surface area contributed by atoms with E-state index in [1.54, 1.807) is 31.2 Å². The maximum Gasteiger partial charge on any atom is 0.417 e. The number of carbonyl (C=O) groups is 1. The number of anilines is 1. The number of aromatic nitrogens is 3. The number of nitrogens with zero attached hydrogens (tertiary/aromatic N) is 4. The smallest absolute Gasteiger partial charge is 0.417 e. The maximum absolute atomic E-state index is 12.7. The van der Waals surface area contributed by atoms with Gasteiger partial charge in [-0.05, 0) is 49.2 Å². The van der Waals surface area contributed by atoms with Crippen molar-refractivity contribution in [1.82, 2.24) is 20.4 Å². The summed E-state index contributed by atoms with van der Waals surface area (Å²) < 4.78 is 48.6. The van der Waals surface area contributed by atoms with Crippen molar-refractivity contribution in [1.29, 1.82) is 0 Å². The van der Waals surface area contributed by atoms with E-state index in [0.29, 0.717) is 54.8 Å². The van der Waals surface area contributed by atoms with Gasteiger partial charge in [0, 0.05) is 37.8 Å². The third kappa shape index (κ3) is 5.79. The lowest BCUT2D eigenvalue weighted by Crippen LogP contribution is -2.45. The van der Waals surface area contributed by atoms with Crippen molar-refractivity contribution in [3.63, 3.8) is 0 Å².